The van der Waals surface area contributed by atoms with E-state index in [2.05, 4.69) is 5.32 Å². The monoisotopic (exact) mass is 478 g/mol. The molecule has 0 saturated heterocycles. The first-order chi connectivity index (χ1) is 16.3. The van der Waals surface area contributed by atoms with E-state index in [9.17, 15) is 14.4 Å². The number of thioether (sulfide) groups is 1. The number of fused-ring (bicyclic) bond motifs is 3. The Bertz CT molecular complexity index is 1470. The van der Waals surface area contributed by atoms with Gasteiger partial charge in [0.25, 0.3) is 5.56 Å². The lowest BCUT2D eigenvalue weighted by atomic mass is 10.1. The molecule has 9 heteroatoms. The maximum atomic E-state index is 13.4. The van der Waals surface area contributed by atoms with Crippen molar-refractivity contribution in [1.82, 2.24) is 14.1 Å². The number of ether oxygens (including phenoxy) is 1. The van der Waals surface area contributed by atoms with Gasteiger partial charge in [-0.3, -0.25) is 19.0 Å². The van der Waals surface area contributed by atoms with Gasteiger partial charge >= 0.3 is 0 Å². The number of carbonyl (C=O) groups is 2. The highest BCUT2D eigenvalue weighted by Crippen LogP contribution is 2.30. The zero-order valence-electron chi connectivity index (χ0n) is 19.5. The van der Waals surface area contributed by atoms with Crippen LogP contribution in [0.3, 0.4) is 0 Å². The molecular weight excluding hydrogens is 452 g/mol. The number of hydrogen-bond donors (Lipinski definition) is 1. The minimum absolute atomic E-state index is 0.0695. The van der Waals surface area contributed by atoms with Gasteiger partial charge in [0.2, 0.25) is 5.91 Å². The molecule has 8 nitrogen and oxygen atoms in total. The van der Waals surface area contributed by atoms with Crippen molar-refractivity contribution in [3.05, 3.63) is 58.4 Å². The van der Waals surface area contributed by atoms with Crippen molar-refractivity contribution < 1.29 is 14.3 Å². The van der Waals surface area contributed by atoms with Crippen LogP contribution in [0, 0.1) is 0 Å². The third-order valence-corrected chi connectivity index (χ3v) is 6.57. The average molecular weight is 479 g/mol. The van der Waals surface area contributed by atoms with Crippen LogP contribution >= 0.6 is 11.8 Å². The lowest BCUT2D eigenvalue weighted by Gasteiger charge is -2.12. The number of amides is 1. The van der Waals surface area contributed by atoms with Gasteiger partial charge in [0.05, 0.1) is 18.4 Å². The molecule has 2 aromatic carbocycles. The average Bonchev–Trinajstić information content (AvgIpc) is 3.11. The van der Waals surface area contributed by atoms with Crippen molar-refractivity contribution in [3.8, 4) is 5.75 Å². The molecule has 0 fully saturated rings. The summed E-state index contributed by atoms with van der Waals surface area (Å²) >= 11 is 1.21. The highest BCUT2D eigenvalue weighted by atomic mass is 32.2. The van der Waals surface area contributed by atoms with Crippen LogP contribution < -0.4 is 15.6 Å². The minimum Gasteiger partial charge on any atom is -0.497 e. The summed E-state index contributed by atoms with van der Waals surface area (Å²) in [6.07, 6.45) is 0.752. The predicted molar refractivity (Wildman–Crippen MR) is 135 cm³/mol. The van der Waals surface area contributed by atoms with Crippen LogP contribution in [0.4, 0.5) is 5.69 Å². The molecule has 0 radical (unpaired) electrons. The van der Waals surface area contributed by atoms with Gasteiger partial charge in [-0.1, -0.05) is 30.8 Å². The first-order valence-electron chi connectivity index (χ1n) is 10.9. The number of aromatic nitrogens is 3. The van der Waals surface area contributed by atoms with Gasteiger partial charge in [-0.05, 0) is 43.7 Å². The van der Waals surface area contributed by atoms with Crippen LogP contribution in [0.25, 0.3) is 21.9 Å². The van der Waals surface area contributed by atoms with E-state index in [-0.39, 0.29) is 23.0 Å². The lowest BCUT2D eigenvalue weighted by molar-refractivity contribution is -0.113. The van der Waals surface area contributed by atoms with Crippen LogP contribution in [0.2, 0.25) is 0 Å². The molecule has 2 heterocycles. The van der Waals surface area contributed by atoms with E-state index >= 15 is 0 Å². The first-order valence-corrected chi connectivity index (χ1v) is 11.9. The Morgan fingerprint density at radius 3 is 2.68 bits per heavy atom. The molecule has 176 valence electrons. The number of nitrogens with zero attached hydrogens (tertiary/aromatic N) is 3. The Morgan fingerprint density at radius 1 is 1.18 bits per heavy atom. The van der Waals surface area contributed by atoms with Crippen LogP contribution in [0.15, 0.2) is 52.4 Å². The molecule has 1 amide bonds. The van der Waals surface area contributed by atoms with Crippen LogP contribution in [0.1, 0.15) is 30.6 Å². The van der Waals surface area contributed by atoms with E-state index in [1.807, 2.05) is 36.7 Å². The number of anilines is 1. The fourth-order valence-electron chi connectivity index (χ4n) is 3.93. The summed E-state index contributed by atoms with van der Waals surface area (Å²) < 4.78 is 8.85. The molecule has 2 aromatic heterocycles. The van der Waals surface area contributed by atoms with Gasteiger partial charge in [-0.15, -0.1) is 0 Å². The normalized spacial score (nSPS) is 11.2. The summed E-state index contributed by atoms with van der Waals surface area (Å²) in [5, 5.41) is 4.12. The summed E-state index contributed by atoms with van der Waals surface area (Å²) in [6, 6.07) is 12.4. The second kappa shape index (κ2) is 9.72. The highest BCUT2D eigenvalue weighted by molar-refractivity contribution is 7.99. The Morgan fingerprint density at radius 2 is 1.97 bits per heavy atom. The van der Waals surface area contributed by atoms with E-state index in [0.29, 0.717) is 39.7 Å². The van der Waals surface area contributed by atoms with Gasteiger partial charge in [0, 0.05) is 30.2 Å². The molecule has 0 atom stereocenters. The third kappa shape index (κ3) is 4.43. The first kappa shape index (κ1) is 23.6. The molecule has 4 rings (SSSR count). The zero-order chi connectivity index (χ0) is 24.4. The van der Waals surface area contributed by atoms with Crippen LogP contribution in [-0.4, -0.2) is 38.7 Å². The van der Waals surface area contributed by atoms with Crippen LogP contribution in [0.5, 0.6) is 5.75 Å². The Hall–Kier alpha value is -3.59. The lowest BCUT2D eigenvalue weighted by Crippen LogP contribution is -2.25. The van der Waals surface area contributed by atoms with E-state index in [1.54, 1.807) is 35.9 Å². The number of ketones is 1. The molecule has 0 saturated carbocycles. The number of benzene rings is 2. The van der Waals surface area contributed by atoms with Gasteiger partial charge in [0.1, 0.15) is 16.8 Å². The largest absolute Gasteiger partial charge is 0.497 e. The number of Topliss-reactive ketones (excluding diaryl/α,β-unsaturated/α-hetero) is 1. The maximum absolute atomic E-state index is 13.4. The SMILES string of the molecule is CCCn1c(SCC(=O)Nc2cccc(C(C)=O)c2)nc2c3cc(OC)ccc3n(C)c2c1=O. The number of aryl methyl sites for hydroxylation is 1. The summed E-state index contributed by atoms with van der Waals surface area (Å²) in [7, 11) is 3.45. The fraction of sp³-hybridized carbons (Fsp3) is 0.280. The molecule has 0 bridgehead atoms. The van der Waals surface area contributed by atoms with Gasteiger partial charge in [0.15, 0.2) is 10.9 Å². The van der Waals surface area contributed by atoms with Gasteiger partial charge in [-0.2, -0.15) is 0 Å². The quantitative estimate of drug-likeness (QED) is 0.231. The highest BCUT2D eigenvalue weighted by Gasteiger charge is 2.19. The third-order valence-electron chi connectivity index (χ3n) is 5.60. The minimum atomic E-state index is -0.248. The number of methoxy groups -OCH3 is 1. The smallest absolute Gasteiger partial charge is 0.278 e. The van der Waals surface area contributed by atoms with E-state index in [4.69, 9.17) is 9.72 Å². The van der Waals surface area contributed by atoms with E-state index in [0.717, 1.165) is 17.3 Å². The second-order valence-electron chi connectivity index (χ2n) is 7.96. The predicted octanol–water partition coefficient (Wildman–Crippen LogP) is 4.24. The number of carbonyl (C=O) groups excluding carboxylic acids is 2. The zero-order valence-corrected chi connectivity index (χ0v) is 20.4. The molecule has 0 aliphatic rings. The summed E-state index contributed by atoms with van der Waals surface area (Å²) in [5.41, 5.74) is 2.93. The van der Waals surface area contributed by atoms with Crippen molar-refractivity contribution in [1.29, 1.82) is 0 Å². The molecule has 1 N–H and O–H groups in total. The molecule has 0 aliphatic carbocycles. The molecule has 0 spiro atoms. The standard InChI is InChI=1S/C25H26N4O4S/c1-5-11-29-24(32)23-22(19-13-18(33-4)9-10-20(19)28(23)3)27-25(29)34-14-21(31)26-17-8-6-7-16(12-17)15(2)30/h6-10,12-13H,5,11,14H2,1-4H3,(H,26,31). The Balaban J connectivity index is 1.68. The molecule has 0 aliphatic heterocycles. The topological polar surface area (TPSA) is 95.2 Å². The number of rotatable bonds is 8. The fourth-order valence-corrected chi connectivity index (χ4v) is 4.75. The molecule has 34 heavy (non-hydrogen) atoms. The molecular formula is C25H26N4O4S. The molecule has 4 aromatic rings. The summed E-state index contributed by atoms with van der Waals surface area (Å²) in [5.74, 6) is 0.432. The number of nitrogens with one attached hydrogen (secondary N) is 1. The van der Waals surface area contributed by atoms with Gasteiger partial charge in [-0.25, -0.2) is 4.98 Å². The van der Waals surface area contributed by atoms with Crippen molar-refractivity contribution >= 4 is 51.1 Å². The van der Waals surface area contributed by atoms with Crippen molar-refractivity contribution in [2.45, 2.75) is 32.0 Å². The Kier molecular flexibility index (Phi) is 6.74. The van der Waals surface area contributed by atoms with E-state index in [1.165, 1.54) is 18.7 Å². The maximum Gasteiger partial charge on any atom is 0.278 e. The van der Waals surface area contributed by atoms with Crippen molar-refractivity contribution in [2.24, 2.45) is 7.05 Å². The Labute approximate surface area is 200 Å². The van der Waals surface area contributed by atoms with Gasteiger partial charge < -0.3 is 14.6 Å². The van der Waals surface area contributed by atoms with Crippen molar-refractivity contribution in [3.63, 3.8) is 0 Å². The molecule has 0 unspecified atom stereocenters. The second-order valence-corrected chi connectivity index (χ2v) is 8.91. The number of hydrogen-bond acceptors (Lipinski definition) is 6. The summed E-state index contributed by atoms with van der Waals surface area (Å²) in [4.78, 5) is 42.5. The van der Waals surface area contributed by atoms with E-state index < -0.39 is 0 Å². The summed E-state index contributed by atoms with van der Waals surface area (Å²) in [6.45, 7) is 3.97. The van der Waals surface area contributed by atoms with Crippen molar-refractivity contribution in [2.75, 3.05) is 18.2 Å². The van der Waals surface area contributed by atoms with Crippen LogP contribution in [-0.2, 0) is 18.4 Å².